The third kappa shape index (κ3) is 4.50. The molecule has 2 aromatic carbocycles. The fourth-order valence-corrected chi connectivity index (χ4v) is 4.05. The lowest BCUT2D eigenvalue weighted by molar-refractivity contribution is -0.384. The van der Waals surface area contributed by atoms with Crippen molar-refractivity contribution in [1.29, 1.82) is 0 Å². The molecule has 0 aromatic heterocycles. The van der Waals surface area contributed by atoms with Crippen LogP contribution in [0.2, 0.25) is 0 Å². The van der Waals surface area contributed by atoms with Crippen molar-refractivity contribution in [3.05, 3.63) is 63.7 Å². The van der Waals surface area contributed by atoms with Gasteiger partial charge in [0, 0.05) is 29.7 Å². The zero-order chi connectivity index (χ0) is 20.9. The monoisotopic (exact) mass is 398 g/mol. The summed E-state index contributed by atoms with van der Waals surface area (Å²) in [5, 5.41) is 13.8. The maximum atomic E-state index is 12.6. The number of non-ortho nitro benzene ring substituents is 1. The van der Waals surface area contributed by atoms with Gasteiger partial charge in [0.1, 0.15) is 0 Å². The van der Waals surface area contributed by atoms with E-state index in [0.717, 1.165) is 31.2 Å². The van der Waals surface area contributed by atoms with E-state index in [4.69, 9.17) is 9.47 Å². The summed E-state index contributed by atoms with van der Waals surface area (Å²) >= 11 is 0. The molecule has 1 amide bonds. The quantitative estimate of drug-likeness (QED) is 0.556. The summed E-state index contributed by atoms with van der Waals surface area (Å²) < 4.78 is 10.8. The summed E-state index contributed by atoms with van der Waals surface area (Å²) in [5.41, 5.74) is 1.33. The van der Waals surface area contributed by atoms with Gasteiger partial charge in [-0.15, -0.1) is 0 Å². The van der Waals surface area contributed by atoms with Crippen LogP contribution in [0, 0.1) is 10.1 Å². The number of amides is 1. The molecule has 0 bridgehead atoms. The Labute approximate surface area is 170 Å². The summed E-state index contributed by atoms with van der Waals surface area (Å²) in [7, 11) is 3.23. The van der Waals surface area contributed by atoms with Crippen LogP contribution in [-0.4, -0.2) is 31.6 Å². The largest absolute Gasteiger partial charge is 0.493 e. The fourth-order valence-electron chi connectivity index (χ4n) is 4.05. The molecule has 3 rings (SSSR count). The Hall–Kier alpha value is -3.09. The van der Waals surface area contributed by atoms with E-state index in [1.807, 2.05) is 18.2 Å². The fraction of sp³-hybridized carbons (Fsp3) is 0.409. The van der Waals surface area contributed by atoms with E-state index < -0.39 is 4.92 Å². The van der Waals surface area contributed by atoms with E-state index in [-0.39, 0.29) is 17.0 Å². The number of benzene rings is 2. The number of nitro benzene ring substituents is 1. The van der Waals surface area contributed by atoms with Crippen LogP contribution in [-0.2, 0) is 5.41 Å². The molecule has 0 saturated heterocycles. The Morgan fingerprint density at radius 2 is 1.69 bits per heavy atom. The molecule has 29 heavy (non-hydrogen) atoms. The average Bonchev–Trinajstić information content (AvgIpc) is 2.77. The maximum absolute atomic E-state index is 12.6. The lowest BCUT2D eigenvalue weighted by Crippen LogP contribution is -2.42. The number of rotatable bonds is 7. The molecule has 1 fully saturated rings. The normalized spacial score (nSPS) is 15.4. The minimum Gasteiger partial charge on any atom is -0.493 e. The summed E-state index contributed by atoms with van der Waals surface area (Å²) in [5.74, 6) is 1.12. The van der Waals surface area contributed by atoms with Gasteiger partial charge in [-0.2, -0.15) is 0 Å². The Morgan fingerprint density at radius 1 is 1.03 bits per heavy atom. The van der Waals surface area contributed by atoms with Crippen molar-refractivity contribution in [2.75, 3.05) is 20.8 Å². The summed E-state index contributed by atoms with van der Waals surface area (Å²) in [6.45, 7) is 0.498. The smallest absolute Gasteiger partial charge is 0.269 e. The number of nitro groups is 1. The minimum atomic E-state index is -0.476. The van der Waals surface area contributed by atoms with Crippen LogP contribution in [0.15, 0.2) is 42.5 Å². The van der Waals surface area contributed by atoms with Crippen LogP contribution in [0.5, 0.6) is 11.5 Å². The highest BCUT2D eigenvalue weighted by molar-refractivity contribution is 5.94. The predicted molar refractivity (Wildman–Crippen MR) is 110 cm³/mol. The molecule has 1 aliphatic carbocycles. The number of hydrogen-bond donors (Lipinski definition) is 1. The molecule has 1 saturated carbocycles. The standard InChI is InChI=1S/C22H26N2O5/c1-28-19-11-8-17(14-20(19)29-2)22(12-4-3-5-13-22)15-23-21(25)16-6-9-18(10-7-16)24(26)27/h6-11,14H,3-5,12-13,15H2,1-2H3,(H,23,25). The molecule has 1 N–H and O–H groups in total. The van der Waals surface area contributed by atoms with Crippen LogP contribution >= 0.6 is 0 Å². The second-order valence-electron chi connectivity index (χ2n) is 7.40. The maximum Gasteiger partial charge on any atom is 0.269 e. The Morgan fingerprint density at radius 3 is 2.28 bits per heavy atom. The van der Waals surface area contributed by atoms with Crippen LogP contribution in [0.3, 0.4) is 0 Å². The third-order valence-corrected chi connectivity index (χ3v) is 5.73. The average molecular weight is 398 g/mol. The van der Waals surface area contributed by atoms with E-state index >= 15 is 0 Å². The Balaban J connectivity index is 1.80. The zero-order valence-electron chi connectivity index (χ0n) is 16.8. The number of carbonyl (C=O) groups is 1. The van der Waals surface area contributed by atoms with E-state index in [2.05, 4.69) is 5.32 Å². The van der Waals surface area contributed by atoms with E-state index in [9.17, 15) is 14.9 Å². The van der Waals surface area contributed by atoms with Crippen LogP contribution in [0.4, 0.5) is 5.69 Å². The molecule has 7 heteroatoms. The van der Waals surface area contributed by atoms with Crippen molar-refractivity contribution in [3.8, 4) is 11.5 Å². The van der Waals surface area contributed by atoms with Crippen molar-refractivity contribution in [2.24, 2.45) is 0 Å². The van der Waals surface area contributed by atoms with Gasteiger partial charge in [-0.25, -0.2) is 0 Å². The van der Waals surface area contributed by atoms with Gasteiger partial charge in [0.15, 0.2) is 11.5 Å². The first-order valence-corrected chi connectivity index (χ1v) is 9.74. The summed E-state index contributed by atoms with van der Waals surface area (Å²) in [6.07, 6.45) is 5.33. The predicted octanol–water partition coefficient (Wildman–Crippen LogP) is 4.24. The molecule has 0 unspecified atom stereocenters. The van der Waals surface area contributed by atoms with Gasteiger partial charge >= 0.3 is 0 Å². The number of nitrogens with zero attached hydrogens (tertiary/aromatic N) is 1. The van der Waals surface area contributed by atoms with Crippen molar-refractivity contribution < 1.29 is 19.2 Å². The molecule has 0 radical (unpaired) electrons. The van der Waals surface area contributed by atoms with Gasteiger partial charge in [-0.05, 0) is 42.7 Å². The van der Waals surface area contributed by atoms with Gasteiger partial charge in [-0.3, -0.25) is 14.9 Å². The van der Waals surface area contributed by atoms with E-state index in [1.165, 1.54) is 30.7 Å². The van der Waals surface area contributed by atoms with Gasteiger partial charge < -0.3 is 14.8 Å². The van der Waals surface area contributed by atoms with E-state index in [0.29, 0.717) is 23.6 Å². The lowest BCUT2D eigenvalue weighted by Gasteiger charge is -2.38. The molecule has 0 spiro atoms. The molecular weight excluding hydrogens is 372 g/mol. The highest BCUT2D eigenvalue weighted by atomic mass is 16.6. The second-order valence-corrected chi connectivity index (χ2v) is 7.40. The molecule has 1 aliphatic rings. The minimum absolute atomic E-state index is 0.0318. The first kappa shape index (κ1) is 20.6. The van der Waals surface area contributed by atoms with Gasteiger partial charge in [0.05, 0.1) is 19.1 Å². The third-order valence-electron chi connectivity index (χ3n) is 5.73. The zero-order valence-corrected chi connectivity index (χ0v) is 16.8. The molecule has 0 aliphatic heterocycles. The topological polar surface area (TPSA) is 90.7 Å². The van der Waals surface area contributed by atoms with Crippen molar-refractivity contribution >= 4 is 11.6 Å². The molecule has 154 valence electrons. The molecule has 7 nitrogen and oxygen atoms in total. The number of carbonyl (C=O) groups excluding carboxylic acids is 1. The van der Waals surface area contributed by atoms with E-state index in [1.54, 1.807) is 14.2 Å². The van der Waals surface area contributed by atoms with Crippen molar-refractivity contribution in [1.82, 2.24) is 5.32 Å². The lowest BCUT2D eigenvalue weighted by atomic mass is 9.69. The second kappa shape index (κ2) is 8.94. The number of ether oxygens (including phenoxy) is 2. The molecular formula is C22H26N2O5. The molecule has 0 atom stereocenters. The van der Waals surface area contributed by atoms with Gasteiger partial charge in [0.2, 0.25) is 0 Å². The molecule has 2 aromatic rings. The Kier molecular flexibility index (Phi) is 6.36. The van der Waals surface area contributed by atoms with Crippen LogP contribution in [0.25, 0.3) is 0 Å². The van der Waals surface area contributed by atoms with Crippen molar-refractivity contribution in [2.45, 2.75) is 37.5 Å². The first-order valence-electron chi connectivity index (χ1n) is 9.74. The van der Waals surface area contributed by atoms with Crippen molar-refractivity contribution in [3.63, 3.8) is 0 Å². The highest BCUT2D eigenvalue weighted by Gasteiger charge is 2.35. The van der Waals surface area contributed by atoms with Crippen LogP contribution < -0.4 is 14.8 Å². The SMILES string of the molecule is COc1ccc(C2(CNC(=O)c3ccc([N+](=O)[O-])cc3)CCCCC2)cc1OC. The summed E-state index contributed by atoms with van der Waals surface area (Å²) in [6, 6.07) is 11.6. The number of hydrogen-bond acceptors (Lipinski definition) is 5. The Bertz CT molecular complexity index is 873. The first-order chi connectivity index (χ1) is 14.0. The number of methoxy groups -OCH3 is 2. The summed E-state index contributed by atoms with van der Waals surface area (Å²) in [4.78, 5) is 23.0. The van der Waals surface area contributed by atoms with Gasteiger partial charge in [-0.1, -0.05) is 25.3 Å². The number of nitrogens with one attached hydrogen (secondary N) is 1. The van der Waals surface area contributed by atoms with Crippen LogP contribution in [0.1, 0.15) is 48.0 Å². The molecule has 0 heterocycles. The highest BCUT2D eigenvalue weighted by Crippen LogP contribution is 2.42. The van der Waals surface area contributed by atoms with Gasteiger partial charge in [0.25, 0.3) is 11.6 Å².